The van der Waals surface area contributed by atoms with E-state index in [2.05, 4.69) is 0 Å². The van der Waals surface area contributed by atoms with Crippen LogP contribution in [0.1, 0.15) is 76.7 Å². The van der Waals surface area contributed by atoms with Gasteiger partial charge in [0.1, 0.15) is 23.3 Å². The van der Waals surface area contributed by atoms with Gasteiger partial charge in [0.05, 0.1) is 22.1 Å². The van der Waals surface area contributed by atoms with Crippen molar-refractivity contribution in [3.63, 3.8) is 0 Å². The van der Waals surface area contributed by atoms with Gasteiger partial charge in [0, 0.05) is 12.1 Å². The largest absolute Gasteiger partial charge is 0.460 e. The molecule has 4 aromatic rings. The summed E-state index contributed by atoms with van der Waals surface area (Å²) >= 11 is 0. The van der Waals surface area contributed by atoms with E-state index in [0.717, 1.165) is 5.56 Å². The van der Waals surface area contributed by atoms with Crippen molar-refractivity contribution in [3.05, 3.63) is 99.4 Å². The number of carbonyl (C=O) groups is 3. The summed E-state index contributed by atoms with van der Waals surface area (Å²) in [4.78, 5) is 52.6. The second kappa shape index (κ2) is 10.2. The minimum atomic E-state index is -0.716. The normalized spacial score (nSPS) is 13.6. The van der Waals surface area contributed by atoms with Gasteiger partial charge in [0.15, 0.2) is 0 Å². The Bertz CT molecular complexity index is 1680. The van der Waals surface area contributed by atoms with Crippen LogP contribution in [0.5, 0.6) is 17.2 Å². The van der Waals surface area contributed by atoms with Crippen molar-refractivity contribution in [1.29, 1.82) is 0 Å². The predicted octanol–water partition coefficient (Wildman–Crippen LogP) is 6.32. The highest BCUT2D eigenvalue weighted by atomic mass is 16.5. The molecule has 39 heavy (non-hydrogen) atoms. The predicted molar refractivity (Wildman–Crippen MR) is 145 cm³/mol. The number of benzene rings is 3. The quantitative estimate of drug-likeness (QED) is 0.158. The van der Waals surface area contributed by atoms with E-state index in [1.165, 1.54) is 47.6 Å². The number of amides is 2. The topological polar surface area (TPSA) is 103 Å². The fraction of sp³-hybridized carbons (Fsp3) is 0.226. The van der Waals surface area contributed by atoms with Crippen molar-refractivity contribution in [2.75, 3.05) is 0 Å². The van der Waals surface area contributed by atoms with E-state index in [1.807, 2.05) is 39.0 Å². The number of carbonyl (C=O) groups excluding carboxylic acids is 3. The summed E-state index contributed by atoms with van der Waals surface area (Å²) < 4.78 is 17.0. The SMILES string of the molecule is CCC(C)N1C(=O)c2ccc(C(=O)Oc3ccc4c(=O)c(Oc5ccccc5C(C)C)coc4c3)cc2C1=O. The molecule has 8 nitrogen and oxygen atoms in total. The molecule has 5 rings (SSSR count). The van der Waals surface area contributed by atoms with Crippen LogP contribution in [0, 0.1) is 0 Å². The molecule has 0 radical (unpaired) electrons. The smallest absolute Gasteiger partial charge is 0.343 e. The van der Waals surface area contributed by atoms with Crippen LogP contribution >= 0.6 is 0 Å². The molecule has 0 N–H and O–H groups in total. The lowest BCUT2D eigenvalue weighted by atomic mass is 10.0. The van der Waals surface area contributed by atoms with Gasteiger partial charge in [-0.05, 0) is 61.2 Å². The monoisotopic (exact) mass is 525 g/mol. The fourth-order valence-electron chi connectivity index (χ4n) is 4.53. The van der Waals surface area contributed by atoms with E-state index < -0.39 is 11.9 Å². The third-order valence-electron chi connectivity index (χ3n) is 6.87. The Balaban J connectivity index is 1.37. The molecule has 1 atom stereocenters. The summed E-state index contributed by atoms with van der Waals surface area (Å²) in [6.07, 6.45) is 1.86. The molecule has 0 aliphatic carbocycles. The number of imide groups is 1. The molecule has 1 aromatic heterocycles. The second-order valence-electron chi connectivity index (χ2n) is 9.77. The number of rotatable bonds is 7. The molecule has 3 aromatic carbocycles. The lowest BCUT2D eigenvalue weighted by Gasteiger charge is -2.20. The Morgan fingerprint density at radius 3 is 2.38 bits per heavy atom. The number of fused-ring (bicyclic) bond motifs is 2. The maximum atomic E-state index is 13.1. The molecule has 0 saturated heterocycles. The van der Waals surface area contributed by atoms with Crippen LogP contribution in [0.3, 0.4) is 0 Å². The molecule has 2 amide bonds. The van der Waals surface area contributed by atoms with Crippen molar-refractivity contribution < 1.29 is 28.3 Å². The average Bonchev–Trinajstić information content (AvgIpc) is 3.18. The molecule has 8 heteroatoms. The van der Waals surface area contributed by atoms with Crippen molar-refractivity contribution in [1.82, 2.24) is 4.90 Å². The minimum absolute atomic E-state index is 0.0455. The maximum Gasteiger partial charge on any atom is 0.343 e. The van der Waals surface area contributed by atoms with E-state index in [4.69, 9.17) is 13.9 Å². The molecule has 2 heterocycles. The number of nitrogens with zero attached hydrogens (tertiary/aromatic N) is 1. The highest BCUT2D eigenvalue weighted by molar-refractivity contribution is 6.22. The van der Waals surface area contributed by atoms with Gasteiger partial charge in [-0.25, -0.2) is 4.79 Å². The van der Waals surface area contributed by atoms with Gasteiger partial charge < -0.3 is 13.9 Å². The van der Waals surface area contributed by atoms with E-state index >= 15 is 0 Å². The maximum absolute atomic E-state index is 13.1. The van der Waals surface area contributed by atoms with Gasteiger partial charge >= 0.3 is 5.97 Å². The Kier molecular flexibility index (Phi) is 6.78. The molecular weight excluding hydrogens is 498 g/mol. The third kappa shape index (κ3) is 4.69. The van der Waals surface area contributed by atoms with Crippen molar-refractivity contribution in [2.24, 2.45) is 0 Å². The van der Waals surface area contributed by atoms with Gasteiger partial charge in [0.2, 0.25) is 11.2 Å². The van der Waals surface area contributed by atoms with Crippen molar-refractivity contribution >= 4 is 28.8 Å². The van der Waals surface area contributed by atoms with Gasteiger partial charge in [-0.15, -0.1) is 0 Å². The van der Waals surface area contributed by atoms with Gasteiger partial charge in [-0.1, -0.05) is 39.0 Å². The van der Waals surface area contributed by atoms with Crippen molar-refractivity contribution in [2.45, 2.75) is 46.1 Å². The molecule has 0 fully saturated rings. The van der Waals surface area contributed by atoms with E-state index in [9.17, 15) is 19.2 Å². The summed E-state index contributed by atoms with van der Waals surface area (Å²) in [5.74, 6) is -0.541. The molecule has 198 valence electrons. The summed E-state index contributed by atoms with van der Waals surface area (Å²) in [5, 5.41) is 0.265. The number of esters is 1. The van der Waals surface area contributed by atoms with E-state index in [0.29, 0.717) is 12.2 Å². The first-order chi connectivity index (χ1) is 18.7. The van der Waals surface area contributed by atoms with Gasteiger partial charge in [-0.3, -0.25) is 19.3 Å². The Labute approximate surface area is 224 Å². The van der Waals surface area contributed by atoms with Crippen LogP contribution in [0.4, 0.5) is 0 Å². The van der Waals surface area contributed by atoms with Gasteiger partial charge in [-0.2, -0.15) is 0 Å². The van der Waals surface area contributed by atoms with Gasteiger partial charge in [0.25, 0.3) is 11.8 Å². The fourth-order valence-corrected chi connectivity index (χ4v) is 4.53. The third-order valence-corrected chi connectivity index (χ3v) is 6.87. The summed E-state index contributed by atoms with van der Waals surface area (Å²) in [5.41, 5.74) is 1.37. The second-order valence-corrected chi connectivity index (χ2v) is 9.77. The van der Waals surface area contributed by atoms with Crippen molar-refractivity contribution in [3.8, 4) is 17.2 Å². The number of ether oxygens (including phenoxy) is 2. The van der Waals surface area contributed by atoms with Crippen LogP contribution in [0.2, 0.25) is 0 Å². The zero-order chi connectivity index (χ0) is 27.8. The first kappa shape index (κ1) is 25.9. The lowest BCUT2D eigenvalue weighted by Crippen LogP contribution is -2.37. The summed E-state index contributed by atoms with van der Waals surface area (Å²) in [6.45, 7) is 7.77. The number of hydrogen-bond acceptors (Lipinski definition) is 7. The minimum Gasteiger partial charge on any atom is -0.460 e. The zero-order valence-corrected chi connectivity index (χ0v) is 22.0. The Morgan fingerprint density at radius 1 is 0.897 bits per heavy atom. The molecule has 1 aliphatic rings. The van der Waals surface area contributed by atoms with Crippen LogP contribution in [0.15, 0.2) is 76.1 Å². The highest BCUT2D eigenvalue weighted by Crippen LogP contribution is 2.31. The zero-order valence-electron chi connectivity index (χ0n) is 22.0. The number of hydrogen-bond donors (Lipinski definition) is 0. The average molecular weight is 526 g/mol. The van der Waals surface area contributed by atoms with Crippen LogP contribution in [-0.2, 0) is 0 Å². The van der Waals surface area contributed by atoms with Crippen LogP contribution in [-0.4, -0.2) is 28.7 Å². The first-order valence-corrected chi connectivity index (χ1v) is 12.8. The molecule has 0 bridgehead atoms. The van der Waals surface area contributed by atoms with Crippen LogP contribution < -0.4 is 14.9 Å². The first-order valence-electron chi connectivity index (χ1n) is 12.8. The lowest BCUT2D eigenvalue weighted by molar-refractivity contribution is 0.0593. The molecular formula is C31H27NO7. The summed E-state index contributed by atoms with van der Waals surface area (Å²) in [7, 11) is 0. The van der Waals surface area contributed by atoms with E-state index in [-0.39, 0.29) is 62.5 Å². The molecule has 1 unspecified atom stereocenters. The highest BCUT2D eigenvalue weighted by Gasteiger charge is 2.38. The molecule has 0 saturated carbocycles. The standard InChI is InChI=1S/C31H27NO7/c1-5-18(4)32-29(34)22-12-10-19(14-24(22)30(32)35)31(36)38-20-11-13-23-26(15-20)37-16-27(28(23)33)39-25-9-7-6-8-21(25)17(2)3/h6-18H,5H2,1-4H3. The van der Waals surface area contributed by atoms with E-state index in [1.54, 1.807) is 13.0 Å². The molecule has 0 spiro atoms. The molecule has 1 aliphatic heterocycles. The van der Waals surface area contributed by atoms with Crippen LogP contribution in [0.25, 0.3) is 11.0 Å². The number of para-hydroxylation sites is 1. The summed E-state index contributed by atoms with van der Waals surface area (Å²) in [6, 6.07) is 15.9. The Hall–Kier alpha value is -4.72. The Morgan fingerprint density at radius 2 is 1.64 bits per heavy atom.